The molecule has 0 spiro atoms. The van der Waals surface area contributed by atoms with Crippen LogP contribution in [0, 0.1) is 0 Å². The second-order valence-corrected chi connectivity index (χ2v) is 7.44. The summed E-state index contributed by atoms with van der Waals surface area (Å²) in [5.74, 6) is -0.0946. The van der Waals surface area contributed by atoms with Gasteiger partial charge in [0.1, 0.15) is 0 Å². The van der Waals surface area contributed by atoms with Gasteiger partial charge < -0.3 is 10.2 Å². The van der Waals surface area contributed by atoms with E-state index in [0.717, 1.165) is 50.8 Å². The van der Waals surface area contributed by atoms with Gasteiger partial charge in [-0.25, -0.2) is 4.98 Å². The molecule has 0 unspecified atom stereocenters. The van der Waals surface area contributed by atoms with Crippen LogP contribution < -0.4 is 5.32 Å². The third kappa shape index (κ3) is 4.31. The van der Waals surface area contributed by atoms with Crippen LogP contribution in [0.25, 0.3) is 5.52 Å². The molecule has 1 fully saturated rings. The third-order valence-electron chi connectivity index (χ3n) is 5.39. The highest BCUT2D eigenvalue weighted by Gasteiger charge is 2.25. The molecule has 3 heterocycles. The maximum absolute atomic E-state index is 13.1. The molecule has 0 bridgehead atoms. The Morgan fingerprint density at radius 1 is 0.931 bits per heavy atom. The zero-order chi connectivity index (χ0) is 20.1. The average Bonchev–Trinajstić information content (AvgIpc) is 2.93. The van der Waals surface area contributed by atoms with Gasteiger partial charge in [0.15, 0.2) is 5.69 Å². The van der Waals surface area contributed by atoms with Crippen molar-refractivity contribution in [2.45, 2.75) is 32.1 Å². The monoisotopic (exact) mass is 390 g/mol. The minimum Gasteiger partial charge on any atom is -0.349 e. The van der Waals surface area contributed by atoms with E-state index in [2.05, 4.69) is 10.3 Å². The van der Waals surface area contributed by atoms with Crippen molar-refractivity contribution in [1.29, 1.82) is 0 Å². The van der Waals surface area contributed by atoms with E-state index in [-0.39, 0.29) is 17.6 Å². The molecular formula is C23H26N4O2. The standard InChI is InChI=1S/C23H26N4O2/c28-22(24-14-13-18-10-4-3-5-11-18)21-25-20(19-12-6-9-17-27(19)21)23(29)26-15-7-1-2-8-16-26/h3-6,9-12,17H,1-2,7-8,13-16H2,(H,24,28). The predicted molar refractivity (Wildman–Crippen MR) is 112 cm³/mol. The fourth-order valence-electron chi connectivity index (χ4n) is 3.82. The maximum atomic E-state index is 13.1. The number of fused-ring (bicyclic) bond motifs is 1. The fourth-order valence-corrected chi connectivity index (χ4v) is 3.82. The van der Waals surface area contributed by atoms with Gasteiger partial charge >= 0.3 is 0 Å². The lowest BCUT2D eigenvalue weighted by Gasteiger charge is -2.19. The number of hydrogen-bond donors (Lipinski definition) is 1. The Kier molecular flexibility index (Phi) is 5.89. The minimum atomic E-state index is -0.267. The van der Waals surface area contributed by atoms with E-state index in [0.29, 0.717) is 17.8 Å². The summed E-state index contributed by atoms with van der Waals surface area (Å²) in [4.78, 5) is 32.3. The number of rotatable bonds is 5. The molecule has 6 nitrogen and oxygen atoms in total. The number of pyridine rings is 1. The number of nitrogens with zero attached hydrogens (tertiary/aromatic N) is 3. The van der Waals surface area contributed by atoms with Crippen LogP contribution in [0.4, 0.5) is 0 Å². The zero-order valence-corrected chi connectivity index (χ0v) is 16.5. The summed E-state index contributed by atoms with van der Waals surface area (Å²) in [7, 11) is 0. The first kappa shape index (κ1) is 19.2. The topological polar surface area (TPSA) is 66.7 Å². The molecule has 29 heavy (non-hydrogen) atoms. The second-order valence-electron chi connectivity index (χ2n) is 7.44. The molecule has 1 N–H and O–H groups in total. The van der Waals surface area contributed by atoms with Crippen LogP contribution in [0.2, 0.25) is 0 Å². The number of amides is 2. The summed E-state index contributed by atoms with van der Waals surface area (Å²) in [5, 5.41) is 2.93. The van der Waals surface area contributed by atoms with Crippen molar-refractivity contribution in [3.8, 4) is 0 Å². The normalized spacial score (nSPS) is 14.6. The Balaban J connectivity index is 1.53. The first-order chi connectivity index (χ1) is 14.2. The molecule has 6 heteroatoms. The first-order valence-electron chi connectivity index (χ1n) is 10.3. The Bertz CT molecular complexity index is 989. The molecule has 0 atom stereocenters. The number of carbonyl (C=O) groups excluding carboxylic acids is 2. The number of imidazole rings is 1. The van der Waals surface area contributed by atoms with Crippen molar-refractivity contribution in [1.82, 2.24) is 19.6 Å². The molecule has 150 valence electrons. The Hall–Kier alpha value is -3.15. The highest BCUT2D eigenvalue weighted by molar-refractivity contribution is 6.02. The molecule has 0 aliphatic carbocycles. The zero-order valence-electron chi connectivity index (χ0n) is 16.5. The second kappa shape index (κ2) is 8.90. The highest BCUT2D eigenvalue weighted by Crippen LogP contribution is 2.18. The number of hydrogen-bond acceptors (Lipinski definition) is 3. The van der Waals surface area contributed by atoms with E-state index in [1.54, 1.807) is 10.6 Å². The van der Waals surface area contributed by atoms with Crippen molar-refractivity contribution in [2.75, 3.05) is 19.6 Å². The van der Waals surface area contributed by atoms with Crippen molar-refractivity contribution in [3.63, 3.8) is 0 Å². The lowest BCUT2D eigenvalue weighted by Crippen LogP contribution is -2.32. The molecule has 2 aromatic heterocycles. The lowest BCUT2D eigenvalue weighted by molar-refractivity contribution is 0.0758. The van der Waals surface area contributed by atoms with Gasteiger partial charge in [0, 0.05) is 25.8 Å². The molecule has 1 aromatic carbocycles. The first-order valence-corrected chi connectivity index (χ1v) is 10.3. The SMILES string of the molecule is O=C(NCCc1ccccc1)c1nc(C(=O)N2CCCCCC2)c2ccccn12. The molecule has 1 saturated heterocycles. The number of benzene rings is 1. The molecule has 0 saturated carbocycles. The van der Waals surface area contributed by atoms with Crippen LogP contribution in [0.1, 0.15) is 52.4 Å². The Labute approximate surface area is 170 Å². The van der Waals surface area contributed by atoms with Gasteiger partial charge in [-0.2, -0.15) is 0 Å². The summed E-state index contributed by atoms with van der Waals surface area (Å²) >= 11 is 0. The molecule has 2 amide bonds. The van der Waals surface area contributed by atoms with E-state index < -0.39 is 0 Å². The van der Waals surface area contributed by atoms with Crippen LogP contribution in [0.15, 0.2) is 54.7 Å². The summed E-state index contributed by atoms with van der Waals surface area (Å²) in [6.07, 6.45) is 6.88. The molecule has 4 rings (SSSR count). The third-order valence-corrected chi connectivity index (χ3v) is 5.39. The highest BCUT2D eigenvalue weighted by atomic mass is 16.2. The number of carbonyl (C=O) groups is 2. The van der Waals surface area contributed by atoms with E-state index in [1.807, 2.05) is 53.4 Å². The molecule has 1 aliphatic heterocycles. The van der Waals surface area contributed by atoms with Gasteiger partial charge in [-0.05, 0) is 37.0 Å². The smallest absolute Gasteiger partial charge is 0.287 e. The predicted octanol–water partition coefficient (Wildman–Crippen LogP) is 3.32. The molecular weight excluding hydrogens is 364 g/mol. The van der Waals surface area contributed by atoms with Crippen LogP contribution in [-0.2, 0) is 6.42 Å². The summed E-state index contributed by atoms with van der Waals surface area (Å²) in [5.41, 5.74) is 2.20. The van der Waals surface area contributed by atoms with Gasteiger partial charge in [-0.3, -0.25) is 14.0 Å². The minimum absolute atomic E-state index is 0.0843. The van der Waals surface area contributed by atoms with Crippen molar-refractivity contribution >= 4 is 17.3 Å². The van der Waals surface area contributed by atoms with E-state index >= 15 is 0 Å². The Morgan fingerprint density at radius 3 is 2.41 bits per heavy atom. The molecule has 0 radical (unpaired) electrons. The lowest BCUT2D eigenvalue weighted by atomic mass is 10.1. The van der Waals surface area contributed by atoms with Crippen molar-refractivity contribution < 1.29 is 9.59 Å². The maximum Gasteiger partial charge on any atom is 0.287 e. The van der Waals surface area contributed by atoms with Gasteiger partial charge in [0.2, 0.25) is 5.82 Å². The summed E-state index contributed by atoms with van der Waals surface area (Å²) in [6.45, 7) is 2.02. The van der Waals surface area contributed by atoms with Gasteiger partial charge in [0.05, 0.1) is 5.52 Å². The summed E-state index contributed by atoms with van der Waals surface area (Å²) in [6, 6.07) is 15.6. The molecule has 3 aromatic rings. The van der Waals surface area contributed by atoms with E-state index in [4.69, 9.17) is 0 Å². The van der Waals surface area contributed by atoms with Crippen molar-refractivity contribution in [3.05, 3.63) is 71.8 Å². The molecule has 1 aliphatic rings. The quantitative estimate of drug-likeness (QED) is 0.727. The Morgan fingerprint density at radius 2 is 1.66 bits per heavy atom. The van der Waals surface area contributed by atoms with Gasteiger partial charge in [-0.1, -0.05) is 49.2 Å². The van der Waals surface area contributed by atoms with Crippen LogP contribution in [-0.4, -0.2) is 45.7 Å². The van der Waals surface area contributed by atoms with Crippen LogP contribution in [0.5, 0.6) is 0 Å². The van der Waals surface area contributed by atoms with E-state index in [9.17, 15) is 9.59 Å². The number of likely N-dealkylation sites (tertiary alicyclic amines) is 1. The van der Waals surface area contributed by atoms with Crippen LogP contribution >= 0.6 is 0 Å². The number of aromatic nitrogens is 2. The van der Waals surface area contributed by atoms with Gasteiger partial charge in [-0.15, -0.1) is 0 Å². The number of nitrogens with one attached hydrogen (secondary N) is 1. The van der Waals surface area contributed by atoms with Crippen LogP contribution in [0.3, 0.4) is 0 Å². The van der Waals surface area contributed by atoms with Crippen molar-refractivity contribution in [2.24, 2.45) is 0 Å². The van der Waals surface area contributed by atoms with Gasteiger partial charge in [0.25, 0.3) is 11.8 Å². The van der Waals surface area contributed by atoms with E-state index in [1.165, 1.54) is 0 Å². The largest absolute Gasteiger partial charge is 0.349 e. The summed E-state index contributed by atoms with van der Waals surface area (Å²) < 4.78 is 1.71. The average molecular weight is 390 g/mol. The fraction of sp³-hybridized carbons (Fsp3) is 0.348.